The molecular weight excluding hydrogens is 284 g/mol. The number of hydrogen-bond donors (Lipinski definition) is 2. The lowest BCUT2D eigenvalue weighted by Crippen LogP contribution is -2.47. The summed E-state index contributed by atoms with van der Waals surface area (Å²) < 4.78 is 0. The highest BCUT2D eigenvalue weighted by atomic mass is 15.3. The summed E-state index contributed by atoms with van der Waals surface area (Å²) in [5, 5.41) is 6.91. The first-order chi connectivity index (χ1) is 11.3. The zero-order valence-electron chi connectivity index (χ0n) is 14.6. The maximum absolute atomic E-state index is 3.53. The highest BCUT2D eigenvalue weighted by Gasteiger charge is 2.33. The minimum atomic E-state index is 0.786. The number of nitrogens with zero attached hydrogens (tertiary/aromatic N) is 2. The van der Waals surface area contributed by atoms with E-state index in [1.807, 2.05) is 7.05 Å². The van der Waals surface area contributed by atoms with Gasteiger partial charge in [0.1, 0.15) is 0 Å². The van der Waals surface area contributed by atoms with Gasteiger partial charge in [0.05, 0.1) is 11.4 Å². The minimum absolute atomic E-state index is 0.786. The van der Waals surface area contributed by atoms with Gasteiger partial charge in [-0.3, -0.25) is 4.90 Å². The Balaban J connectivity index is 1.59. The molecule has 2 saturated carbocycles. The van der Waals surface area contributed by atoms with Crippen molar-refractivity contribution in [3.8, 4) is 0 Å². The van der Waals surface area contributed by atoms with Crippen LogP contribution in [0.3, 0.4) is 0 Å². The Labute approximate surface area is 140 Å². The monoisotopic (exact) mass is 314 g/mol. The van der Waals surface area contributed by atoms with Crippen molar-refractivity contribution in [1.29, 1.82) is 0 Å². The molecule has 3 aliphatic rings. The number of nitrogens with one attached hydrogen (secondary N) is 2. The second kappa shape index (κ2) is 6.23. The number of benzene rings is 1. The Bertz CT molecular complexity index is 555. The maximum atomic E-state index is 3.53. The Kier molecular flexibility index (Phi) is 4.10. The minimum Gasteiger partial charge on any atom is -0.386 e. The summed E-state index contributed by atoms with van der Waals surface area (Å²) in [6.45, 7) is 7.97. The zero-order chi connectivity index (χ0) is 15.8. The molecule has 0 bridgehead atoms. The van der Waals surface area contributed by atoms with Crippen molar-refractivity contribution >= 4 is 17.1 Å². The Morgan fingerprint density at radius 3 is 2.30 bits per heavy atom. The van der Waals surface area contributed by atoms with E-state index in [9.17, 15) is 0 Å². The van der Waals surface area contributed by atoms with Crippen LogP contribution in [0.25, 0.3) is 0 Å². The van der Waals surface area contributed by atoms with Crippen molar-refractivity contribution in [1.82, 2.24) is 4.90 Å². The van der Waals surface area contributed by atoms with Crippen molar-refractivity contribution in [2.75, 3.05) is 55.3 Å². The third kappa shape index (κ3) is 3.14. The average molecular weight is 314 g/mol. The first-order valence-electron chi connectivity index (χ1n) is 9.38. The van der Waals surface area contributed by atoms with Gasteiger partial charge in [-0.2, -0.15) is 0 Å². The second-order valence-electron chi connectivity index (χ2n) is 7.27. The number of rotatable bonds is 6. The van der Waals surface area contributed by atoms with Crippen LogP contribution in [0.4, 0.5) is 17.1 Å². The first kappa shape index (κ1) is 15.1. The fourth-order valence-corrected chi connectivity index (χ4v) is 3.91. The van der Waals surface area contributed by atoms with Crippen LogP contribution >= 0.6 is 0 Å². The molecule has 2 aliphatic carbocycles. The summed E-state index contributed by atoms with van der Waals surface area (Å²) in [6, 6.07) is 5.71. The summed E-state index contributed by atoms with van der Waals surface area (Å²) in [5.74, 6) is 0.786. The van der Waals surface area contributed by atoms with Gasteiger partial charge in [0.25, 0.3) is 0 Å². The lowest BCUT2D eigenvalue weighted by atomic mass is 10.0. The predicted molar refractivity (Wildman–Crippen MR) is 98.9 cm³/mol. The zero-order valence-corrected chi connectivity index (χ0v) is 14.6. The van der Waals surface area contributed by atoms with E-state index in [0.29, 0.717) is 0 Å². The highest BCUT2D eigenvalue weighted by Crippen LogP contribution is 2.47. The van der Waals surface area contributed by atoms with Crippen LogP contribution in [-0.4, -0.2) is 50.7 Å². The largest absolute Gasteiger partial charge is 0.386 e. The van der Waals surface area contributed by atoms with Gasteiger partial charge in [0, 0.05) is 51.5 Å². The lowest BCUT2D eigenvalue weighted by Gasteiger charge is -2.37. The molecule has 1 aliphatic heterocycles. The molecule has 0 unspecified atom stereocenters. The van der Waals surface area contributed by atoms with E-state index in [-0.39, 0.29) is 0 Å². The number of anilines is 3. The topological polar surface area (TPSA) is 30.5 Å². The lowest BCUT2D eigenvalue weighted by molar-refractivity contribution is 0.248. The van der Waals surface area contributed by atoms with Crippen molar-refractivity contribution in [2.45, 2.75) is 44.6 Å². The smallest absolute Gasteiger partial charge is 0.0596 e. The van der Waals surface area contributed by atoms with E-state index in [0.717, 1.165) is 18.5 Å². The number of piperazine rings is 1. The molecule has 23 heavy (non-hydrogen) atoms. The molecule has 1 aromatic rings. The molecule has 1 aromatic carbocycles. The van der Waals surface area contributed by atoms with Crippen LogP contribution in [0.2, 0.25) is 0 Å². The quantitative estimate of drug-likeness (QED) is 0.843. The first-order valence-corrected chi connectivity index (χ1v) is 9.38. The van der Waals surface area contributed by atoms with Gasteiger partial charge < -0.3 is 15.5 Å². The van der Waals surface area contributed by atoms with Gasteiger partial charge in [-0.15, -0.1) is 0 Å². The SMILES string of the molecule is CCNc1cc(N2CCN(C3CC3)CC2)c(C2CC2)cc1NC. The molecule has 126 valence electrons. The summed E-state index contributed by atoms with van der Waals surface area (Å²) in [7, 11) is 2.03. The third-order valence-corrected chi connectivity index (χ3v) is 5.54. The Hall–Kier alpha value is -1.42. The fourth-order valence-electron chi connectivity index (χ4n) is 3.91. The molecule has 0 radical (unpaired) electrons. The molecule has 0 amide bonds. The van der Waals surface area contributed by atoms with E-state index < -0.39 is 0 Å². The Morgan fingerprint density at radius 1 is 1.00 bits per heavy atom. The molecule has 3 fully saturated rings. The summed E-state index contributed by atoms with van der Waals surface area (Å²) in [5.41, 5.74) is 5.54. The normalized spacial score (nSPS) is 22.3. The molecule has 0 aromatic heterocycles. The van der Waals surface area contributed by atoms with Gasteiger partial charge >= 0.3 is 0 Å². The molecule has 0 spiro atoms. The molecule has 0 atom stereocenters. The summed E-state index contributed by atoms with van der Waals surface area (Å²) >= 11 is 0. The molecule has 2 N–H and O–H groups in total. The second-order valence-corrected chi connectivity index (χ2v) is 7.27. The van der Waals surface area contributed by atoms with E-state index in [2.05, 4.69) is 39.5 Å². The van der Waals surface area contributed by atoms with Crippen molar-refractivity contribution in [3.63, 3.8) is 0 Å². The van der Waals surface area contributed by atoms with E-state index in [1.54, 1.807) is 5.56 Å². The highest BCUT2D eigenvalue weighted by molar-refractivity contribution is 5.77. The van der Waals surface area contributed by atoms with Crippen LogP contribution in [0.1, 0.15) is 44.1 Å². The van der Waals surface area contributed by atoms with Crippen LogP contribution in [0.15, 0.2) is 12.1 Å². The van der Waals surface area contributed by atoms with E-state index in [1.165, 1.54) is 68.9 Å². The van der Waals surface area contributed by atoms with Crippen molar-refractivity contribution in [3.05, 3.63) is 17.7 Å². The van der Waals surface area contributed by atoms with Crippen molar-refractivity contribution < 1.29 is 0 Å². The van der Waals surface area contributed by atoms with Gasteiger partial charge in [0.15, 0.2) is 0 Å². The molecule has 4 rings (SSSR count). The summed E-state index contributed by atoms with van der Waals surface area (Å²) in [4.78, 5) is 5.33. The van der Waals surface area contributed by atoms with Crippen LogP contribution in [0.5, 0.6) is 0 Å². The Morgan fingerprint density at radius 2 is 1.74 bits per heavy atom. The third-order valence-electron chi connectivity index (χ3n) is 5.54. The standard InChI is InChI=1S/C19H30N4/c1-3-21-18-13-19(16(14-4-5-14)12-17(18)20-2)23-10-8-22(9-11-23)15-6-7-15/h12-15,20-21H,3-11H2,1-2H3. The van der Waals surface area contributed by atoms with Gasteiger partial charge in [0.2, 0.25) is 0 Å². The van der Waals surface area contributed by atoms with Crippen LogP contribution < -0.4 is 15.5 Å². The van der Waals surface area contributed by atoms with Gasteiger partial charge in [-0.05, 0) is 56.2 Å². The number of hydrogen-bond acceptors (Lipinski definition) is 4. The maximum Gasteiger partial charge on any atom is 0.0596 e. The molecular formula is C19H30N4. The van der Waals surface area contributed by atoms with E-state index >= 15 is 0 Å². The van der Waals surface area contributed by atoms with Gasteiger partial charge in [-0.25, -0.2) is 0 Å². The summed E-state index contributed by atoms with van der Waals surface area (Å²) in [6.07, 6.45) is 5.57. The average Bonchev–Trinajstić information content (AvgIpc) is 3.48. The van der Waals surface area contributed by atoms with Crippen molar-refractivity contribution in [2.24, 2.45) is 0 Å². The molecule has 1 heterocycles. The predicted octanol–water partition coefficient (Wildman–Crippen LogP) is 3.32. The van der Waals surface area contributed by atoms with Crippen LogP contribution in [0, 0.1) is 0 Å². The molecule has 4 nitrogen and oxygen atoms in total. The molecule has 4 heteroatoms. The van der Waals surface area contributed by atoms with E-state index in [4.69, 9.17) is 0 Å². The van der Waals surface area contributed by atoms with Gasteiger partial charge in [-0.1, -0.05) is 0 Å². The molecule has 1 saturated heterocycles. The van der Waals surface area contributed by atoms with Crippen LogP contribution in [-0.2, 0) is 0 Å². The fraction of sp³-hybridized carbons (Fsp3) is 0.684.